The molecule has 130 valence electrons. The number of nitrogens with one attached hydrogen (secondary N) is 1. The predicted octanol–water partition coefficient (Wildman–Crippen LogP) is 3.48. The molecular formula is C15H26N4O4. The van der Waals surface area contributed by atoms with E-state index in [1.165, 1.54) is 12.2 Å². The molecule has 0 radical (unpaired) electrons. The van der Waals surface area contributed by atoms with Crippen molar-refractivity contribution in [3.63, 3.8) is 0 Å². The molecule has 0 aliphatic heterocycles. The van der Waals surface area contributed by atoms with Gasteiger partial charge in [0, 0.05) is 17.0 Å². The van der Waals surface area contributed by atoms with E-state index in [9.17, 15) is 9.59 Å². The number of azide groups is 1. The van der Waals surface area contributed by atoms with E-state index in [0.29, 0.717) is 6.42 Å². The fourth-order valence-electron chi connectivity index (χ4n) is 1.78. The second-order valence-electron chi connectivity index (χ2n) is 5.85. The molecule has 0 bridgehead atoms. The Bertz CT molecular complexity index is 465. The first kappa shape index (κ1) is 20.8. The molecule has 1 N–H and O–H groups in total. The van der Waals surface area contributed by atoms with Gasteiger partial charge in [0.1, 0.15) is 5.60 Å². The van der Waals surface area contributed by atoms with Gasteiger partial charge < -0.3 is 14.8 Å². The van der Waals surface area contributed by atoms with Crippen LogP contribution in [0.1, 0.15) is 47.5 Å². The van der Waals surface area contributed by atoms with E-state index in [2.05, 4.69) is 15.3 Å². The predicted molar refractivity (Wildman–Crippen MR) is 86.8 cm³/mol. The molecule has 0 aromatic carbocycles. The van der Waals surface area contributed by atoms with Gasteiger partial charge >= 0.3 is 12.1 Å². The topological polar surface area (TPSA) is 113 Å². The number of hydrogen-bond donors (Lipinski definition) is 1. The maximum Gasteiger partial charge on any atom is 0.407 e. The van der Waals surface area contributed by atoms with Crippen molar-refractivity contribution in [3.05, 3.63) is 22.6 Å². The lowest BCUT2D eigenvalue weighted by Crippen LogP contribution is -2.44. The molecule has 0 aliphatic carbocycles. The summed E-state index contributed by atoms with van der Waals surface area (Å²) in [4.78, 5) is 26.1. The van der Waals surface area contributed by atoms with Gasteiger partial charge in [0.15, 0.2) is 0 Å². The van der Waals surface area contributed by atoms with Crippen LogP contribution < -0.4 is 5.32 Å². The van der Waals surface area contributed by atoms with Crippen molar-refractivity contribution in [2.75, 3.05) is 6.61 Å². The third-order valence-corrected chi connectivity index (χ3v) is 2.62. The molecule has 0 saturated heterocycles. The molecule has 23 heavy (non-hydrogen) atoms. The molecule has 1 amide bonds. The fourth-order valence-corrected chi connectivity index (χ4v) is 1.78. The first-order chi connectivity index (χ1) is 10.7. The van der Waals surface area contributed by atoms with Crippen LogP contribution in [0.4, 0.5) is 4.79 Å². The Morgan fingerprint density at radius 3 is 2.48 bits per heavy atom. The zero-order valence-electron chi connectivity index (χ0n) is 14.4. The number of carbonyl (C=O) groups is 2. The average Bonchev–Trinajstić information content (AvgIpc) is 2.41. The minimum Gasteiger partial charge on any atom is -0.463 e. The quantitative estimate of drug-likeness (QED) is 0.242. The molecule has 0 spiro atoms. The zero-order valence-corrected chi connectivity index (χ0v) is 14.4. The van der Waals surface area contributed by atoms with Crippen LogP contribution in [-0.4, -0.2) is 36.4 Å². The Morgan fingerprint density at radius 2 is 2.00 bits per heavy atom. The van der Waals surface area contributed by atoms with Crippen molar-refractivity contribution in [2.24, 2.45) is 5.11 Å². The number of rotatable bonds is 8. The van der Waals surface area contributed by atoms with E-state index in [4.69, 9.17) is 15.0 Å². The SMILES string of the molecule is CCC[C@@H](NC(=O)OC(C)(C)C)[C@H](/C=C/C(=O)OCC)N=[N+]=[N-]. The summed E-state index contributed by atoms with van der Waals surface area (Å²) >= 11 is 0. The largest absolute Gasteiger partial charge is 0.463 e. The van der Waals surface area contributed by atoms with Crippen molar-refractivity contribution in [2.45, 2.75) is 65.1 Å². The maximum atomic E-state index is 11.9. The molecule has 0 rings (SSSR count). The highest BCUT2D eigenvalue weighted by Gasteiger charge is 2.23. The van der Waals surface area contributed by atoms with Gasteiger partial charge in [-0.2, -0.15) is 0 Å². The zero-order chi connectivity index (χ0) is 17.9. The lowest BCUT2D eigenvalue weighted by atomic mass is 10.0. The fraction of sp³-hybridized carbons (Fsp3) is 0.733. The highest BCUT2D eigenvalue weighted by molar-refractivity contribution is 5.82. The summed E-state index contributed by atoms with van der Waals surface area (Å²) in [5.41, 5.74) is 8.08. The summed E-state index contributed by atoms with van der Waals surface area (Å²) in [7, 11) is 0. The van der Waals surface area contributed by atoms with Gasteiger partial charge in [0.25, 0.3) is 0 Å². The first-order valence-electron chi connectivity index (χ1n) is 7.62. The molecule has 2 atom stereocenters. The third kappa shape index (κ3) is 10.2. The van der Waals surface area contributed by atoms with Crippen molar-refractivity contribution < 1.29 is 19.1 Å². The Morgan fingerprint density at radius 1 is 1.35 bits per heavy atom. The van der Waals surface area contributed by atoms with Crippen LogP contribution in [0.25, 0.3) is 10.4 Å². The maximum absolute atomic E-state index is 11.9. The summed E-state index contributed by atoms with van der Waals surface area (Å²) < 4.78 is 9.99. The van der Waals surface area contributed by atoms with E-state index < -0.39 is 29.7 Å². The molecule has 8 nitrogen and oxygen atoms in total. The minimum atomic E-state index is -0.711. The van der Waals surface area contributed by atoms with Gasteiger partial charge in [-0.3, -0.25) is 0 Å². The Kier molecular flexibility index (Phi) is 9.50. The number of nitrogens with zero attached hydrogens (tertiary/aromatic N) is 3. The van der Waals surface area contributed by atoms with Crippen LogP contribution in [0, 0.1) is 0 Å². The Hall–Kier alpha value is -2.21. The Balaban J connectivity index is 5.05. The molecule has 0 unspecified atom stereocenters. The normalized spacial score (nSPS) is 13.8. The number of ether oxygens (including phenoxy) is 2. The first-order valence-corrected chi connectivity index (χ1v) is 7.62. The third-order valence-electron chi connectivity index (χ3n) is 2.62. The summed E-state index contributed by atoms with van der Waals surface area (Å²) in [6.45, 7) is 9.16. The van der Waals surface area contributed by atoms with Gasteiger partial charge in [0.05, 0.1) is 12.6 Å². The average molecular weight is 326 g/mol. The van der Waals surface area contributed by atoms with Crippen LogP contribution in [0.5, 0.6) is 0 Å². The molecule has 8 heteroatoms. The van der Waals surface area contributed by atoms with Gasteiger partial charge in [-0.1, -0.05) is 24.5 Å². The molecule has 0 aromatic heterocycles. The summed E-state index contributed by atoms with van der Waals surface area (Å²) in [5, 5.41) is 6.33. The lowest BCUT2D eigenvalue weighted by Gasteiger charge is -2.25. The molecular weight excluding hydrogens is 300 g/mol. The lowest BCUT2D eigenvalue weighted by molar-refractivity contribution is -0.137. The monoisotopic (exact) mass is 326 g/mol. The Labute approximate surface area is 136 Å². The summed E-state index contributed by atoms with van der Waals surface area (Å²) in [5.74, 6) is -0.529. The van der Waals surface area contributed by atoms with E-state index in [0.717, 1.165) is 6.42 Å². The van der Waals surface area contributed by atoms with Gasteiger partial charge in [-0.15, -0.1) is 0 Å². The molecule has 0 aromatic rings. The van der Waals surface area contributed by atoms with Crippen LogP contribution >= 0.6 is 0 Å². The van der Waals surface area contributed by atoms with Crippen molar-refractivity contribution in [1.82, 2.24) is 5.32 Å². The van der Waals surface area contributed by atoms with E-state index in [1.54, 1.807) is 27.7 Å². The van der Waals surface area contributed by atoms with Crippen LogP contribution in [-0.2, 0) is 14.3 Å². The second-order valence-corrected chi connectivity index (χ2v) is 5.85. The standard InChI is InChI=1S/C15H26N4O4/c1-6-8-11(17-14(21)23-15(3,4)5)12(18-19-16)9-10-13(20)22-7-2/h9-12H,6-8H2,1-5H3,(H,17,21)/b10-9+/t11-,12+/m1/s1. The van der Waals surface area contributed by atoms with Crippen LogP contribution in [0.15, 0.2) is 17.3 Å². The molecule has 0 fully saturated rings. The molecule has 0 aliphatic rings. The number of alkyl carbamates (subject to hydrolysis) is 1. The summed E-state index contributed by atoms with van der Waals surface area (Å²) in [6, 6.07) is -1.19. The van der Waals surface area contributed by atoms with Crippen molar-refractivity contribution in [3.8, 4) is 0 Å². The number of esters is 1. The molecule has 0 saturated carbocycles. The van der Waals surface area contributed by atoms with E-state index in [1.807, 2.05) is 6.92 Å². The highest BCUT2D eigenvalue weighted by Crippen LogP contribution is 2.12. The smallest absolute Gasteiger partial charge is 0.407 e. The highest BCUT2D eigenvalue weighted by atomic mass is 16.6. The number of hydrogen-bond acceptors (Lipinski definition) is 5. The minimum absolute atomic E-state index is 0.254. The number of amides is 1. The van der Waals surface area contributed by atoms with Crippen LogP contribution in [0.3, 0.4) is 0 Å². The van der Waals surface area contributed by atoms with Crippen molar-refractivity contribution >= 4 is 12.1 Å². The summed E-state index contributed by atoms with van der Waals surface area (Å²) in [6.07, 6.45) is 3.34. The van der Waals surface area contributed by atoms with E-state index >= 15 is 0 Å². The van der Waals surface area contributed by atoms with Gasteiger partial charge in [-0.25, -0.2) is 9.59 Å². The van der Waals surface area contributed by atoms with E-state index in [-0.39, 0.29) is 6.61 Å². The van der Waals surface area contributed by atoms with Gasteiger partial charge in [-0.05, 0) is 39.6 Å². The number of carbonyl (C=O) groups excluding carboxylic acids is 2. The molecule has 0 heterocycles. The van der Waals surface area contributed by atoms with Crippen LogP contribution in [0.2, 0.25) is 0 Å². The second kappa shape index (κ2) is 10.5. The van der Waals surface area contributed by atoms with Gasteiger partial charge in [0.2, 0.25) is 0 Å². The van der Waals surface area contributed by atoms with Crippen molar-refractivity contribution in [1.29, 1.82) is 0 Å².